The first-order chi connectivity index (χ1) is 5.00. The molecule has 20 heavy (non-hydrogen) atoms. The summed E-state index contributed by atoms with van der Waals surface area (Å²) in [6.07, 6.45) is 0. The van der Waals surface area contributed by atoms with E-state index in [0.29, 0.717) is 0 Å². The maximum Gasteiger partial charge on any atom is 0 e. The van der Waals surface area contributed by atoms with E-state index >= 15 is 0 Å². The number of rotatable bonds is 0. The standard InChI is InChI=1S/5C2H6.7CH4.CH3.Ar.U/c5*1-2;;;;;;;;;;/h5*1-2H3;7*1H4;1H3;;/q;;;;;;;;;;;;-1;;. The second kappa shape index (κ2) is 1650. The van der Waals surface area contributed by atoms with E-state index in [-0.39, 0.29) is 128 Å². The fourth-order valence-corrected chi connectivity index (χ4v) is 0. The van der Waals surface area contributed by atoms with Crippen LogP contribution in [0.3, 0.4) is 0 Å². The van der Waals surface area contributed by atoms with Crippen molar-refractivity contribution in [1.82, 2.24) is 0 Å². The molecule has 0 aliphatic rings. The molecule has 0 bridgehead atoms. The normalized spacial score (nSPS) is 1.50. The summed E-state index contributed by atoms with van der Waals surface area (Å²) in [6.45, 7) is 20.0. The van der Waals surface area contributed by atoms with E-state index in [1.807, 2.05) is 69.2 Å². The molecule has 0 rings (SSSR count). The van der Waals surface area contributed by atoms with E-state index in [0.717, 1.165) is 0 Å². The van der Waals surface area contributed by atoms with Crippen LogP contribution >= 0.6 is 0 Å². The van der Waals surface area contributed by atoms with Crippen molar-refractivity contribution in [3.63, 3.8) is 0 Å². The first-order valence-electron chi connectivity index (χ1n) is 5.00. The molecule has 0 aliphatic heterocycles. The van der Waals surface area contributed by atoms with Gasteiger partial charge in [0.25, 0.3) is 0 Å². The van der Waals surface area contributed by atoms with E-state index in [1.54, 1.807) is 0 Å². The molecule has 0 aromatic rings. The average Bonchev–Trinajstić information content (AvgIpc) is 2.20. The Kier molecular flexibility index (Phi) is 15600. The number of hydrogen-bond donors (Lipinski definition) is 0. The summed E-state index contributed by atoms with van der Waals surface area (Å²) in [6, 6.07) is 0. The maximum atomic E-state index is 2.00. The minimum Gasteiger partial charge on any atom is -0.358 e. The van der Waals surface area contributed by atoms with Crippen LogP contribution in [0.15, 0.2) is 0 Å². The van der Waals surface area contributed by atoms with Crippen LogP contribution in [0.2, 0.25) is 0 Å². The molecule has 0 nitrogen and oxygen atoms in total. The van der Waals surface area contributed by atoms with Crippen molar-refractivity contribution in [2.75, 3.05) is 0 Å². The Bertz CT molecular complexity index is 11.4. The summed E-state index contributed by atoms with van der Waals surface area (Å²) in [5.41, 5.74) is 0. The topological polar surface area (TPSA) is 0 Å². The van der Waals surface area contributed by atoms with Gasteiger partial charge in [-0.2, -0.15) is 0 Å². The Morgan fingerprint density at radius 2 is 0.300 bits per heavy atom. The van der Waals surface area contributed by atoms with Crippen LogP contribution in [0.25, 0.3) is 0 Å². The molecule has 0 aliphatic carbocycles. The fourth-order valence-electron chi connectivity index (χ4n) is 0. The summed E-state index contributed by atoms with van der Waals surface area (Å²) in [4.78, 5) is 0. The van der Waals surface area contributed by atoms with Crippen molar-refractivity contribution in [3.05, 3.63) is 7.43 Å². The van der Waals surface area contributed by atoms with Crippen molar-refractivity contribution >= 4 is 0 Å². The monoisotopic (exact) mass is 555 g/mol. The molecule has 0 saturated carbocycles. The predicted molar refractivity (Wildman–Crippen MR) is 110 cm³/mol. The van der Waals surface area contributed by atoms with Gasteiger partial charge >= 0.3 is 0 Å². The second-order valence-electron chi connectivity index (χ2n) is 0. The van der Waals surface area contributed by atoms with Gasteiger partial charge in [0.1, 0.15) is 0 Å². The first-order valence-corrected chi connectivity index (χ1v) is 5.00. The molecular formula is C18H61ArU-. The summed E-state index contributed by atoms with van der Waals surface area (Å²) < 4.78 is 0. The molecule has 0 fully saturated rings. The smallest absolute Gasteiger partial charge is 0 e. The zero-order valence-corrected chi connectivity index (χ0v) is 16.7. The van der Waals surface area contributed by atoms with Crippen molar-refractivity contribution < 1.29 is 68.9 Å². The molecule has 0 spiro atoms. The predicted octanol–water partition coefficient (Wildman–Crippen LogP) is 10.0. The van der Waals surface area contributed by atoms with E-state index in [1.165, 1.54) is 0 Å². The van der Waals surface area contributed by atoms with Crippen LogP contribution in [0.1, 0.15) is 121 Å². The van der Waals surface area contributed by atoms with Crippen LogP contribution in [-0.2, 0) is 0 Å². The molecule has 0 aromatic carbocycles. The molecule has 0 radical (unpaired) electrons. The maximum absolute atomic E-state index is 2.00. The zero-order valence-electron chi connectivity index (χ0n) is 11.9. The first kappa shape index (κ1) is 190. The molecule has 0 N–H and O–H groups in total. The van der Waals surface area contributed by atoms with Crippen LogP contribution in [-0.4, -0.2) is 0 Å². The van der Waals surface area contributed by atoms with Gasteiger partial charge in [-0.15, -0.1) is 0 Å². The van der Waals surface area contributed by atoms with Crippen molar-refractivity contribution in [1.29, 1.82) is 0 Å². The van der Waals surface area contributed by atoms with Gasteiger partial charge in [-0.25, -0.2) is 0 Å². The van der Waals surface area contributed by atoms with Crippen molar-refractivity contribution in [2.45, 2.75) is 121 Å². The molecule has 0 amide bonds. The summed E-state index contributed by atoms with van der Waals surface area (Å²) in [5.74, 6) is 0. The molecule has 0 saturated heterocycles. The van der Waals surface area contributed by atoms with Gasteiger partial charge in [-0.1, -0.05) is 121 Å². The van der Waals surface area contributed by atoms with E-state index < -0.39 is 0 Å². The largest absolute Gasteiger partial charge is 0.358 e. The van der Waals surface area contributed by atoms with Crippen molar-refractivity contribution in [3.8, 4) is 0 Å². The van der Waals surface area contributed by atoms with E-state index in [2.05, 4.69) is 0 Å². The van der Waals surface area contributed by atoms with Gasteiger partial charge in [0.05, 0.1) is 0 Å². The fraction of sp³-hybridized carbons (Fsp3) is 0.944. The minimum absolute atomic E-state index is 0. The van der Waals surface area contributed by atoms with Gasteiger partial charge < -0.3 is 7.43 Å². The van der Waals surface area contributed by atoms with Gasteiger partial charge in [0.2, 0.25) is 0 Å². The third kappa shape index (κ3) is 1420. The Labute approximate surface area is 195 Å². The molecule has 0 aromatic heterocycles. The molecular weight excluding hydrogens is 494 g/mol. The molecule has 0 heterocycles. The van der Waals surface area contributed by atoms with E-state index in [9.17, 15) is 0 Å². The van der Waals surface area contributed by atoms with Crippen molar-refractivity contribution in [2.24, 2.45) is 0 Å². The Balaban J connectivity index is -0.00000000107. The summed E-state index contributed by atoms with van der Waals surface area (Å²) in [5, 5.41) is 0. The SMILES string of the molecule is C.C.C.C.C.C.C.CC.CC.CC.CC.CC.[Ar].[CH3-].[U]. The average molecular weight is 556 g/mol. The van der Waals surface area contributed by atoms with Crippen LogP contribution in [0.4, 0.5) is 0 Å². The molecule has 0 unspecified atom stereocenters. The zero-order chi connectivity index (χ0) is 10.0. The third-order valence-electron chi connectivity index (χ3n) is 0. The molecule has 0 atom stereocenters. The Morgan fingerprint density at radius 3 is 0.300 bits per heavy atom. The summed E-state index contributed by atoms with van der Waals surface area (Å²) >= 11 is 0. The third-order valence-corrected chi connectivity index (χ3v) is 0. The van der Waals surface area contributed by atoms with Crippen LogP contribution < -0.4 is 0 Å². The van der Waals surface area contributed by atoms with E-state index in [4.69, 9.17) is 0 Å². The van der Waals surface area contributed by atoms with Crippen LogP contribution in [0, 0.1) is 76.3 Å². The van der Waals surface area contributed by atoms with Gasteiger partial charge in [0.15, 0.2) is 0 Å². The Morgan fingerprint density at radius 1 is 0.300 bits per heavy atom. The number of hydrogen-bond acceptors (Lipinski definition) is 0. The van der Waals surface area contributed by atoms with Gasteiger partial charge in [-0.05, 0) is 0 Å². The second-order valence-corrected chi connectivity index (χ2v) is 0. The van der Waals surface area contributed by atoms with Gasteiger partial charge in [-0.3, -0.25) is 0 Å². The quantitative estimate of drug-likeness (QED) is 0.261. The molecule has 2 heteroatoms. The Hall–Kier alpha value is 2.31. The summed E-state index contributed by atoms with van der Waals surface area (Å²) in [7, 11) is 0. The van der Waals surface area contributed by atoms with Gasteiger partial charge in [0, 0.05) is 68.9 Å². The van der Waals surface area contributed by atoms with Crippen LogP contribution in [0.5, 0.6) is 0 Å². The minimum atomic E-state index is 0. The molecule has 146 valence electrons.